The van der Waals surface area contributed by atoms with Gasteiger partial charge in [0, 0.05) is 103 Å². The van der Waals surface area contributed by atoms with Gasteiger partial charge >= 0.3 is 0 Å². The fraction of sp³-hybridized carbons (Fsp3) is 0.953. The monoisotopic (exact) mass is 741 g/mol. The van der Waals surface area contributed by atoms with Crippen LogP contribution in [-0.4, -0.2) is 193 Å². The number of nitrogens with zero attached hydrogens (tertiary/aromatic N) is 8. The summed E-state index contributed by atoms with van der Waals surface area (Å²) in [6, 6.07) is 2.92. The van der Waals surface area contributed by atoms with Crippen molar-refractivity contribution in [3.8, 4) is 0 Å². The molecule has 1 aliphatic carbocycles. The molecule has 6 saturated heterocycles. The zero-order chi connectivity index (χ0) is 36.8. The number of piperidine rings is 2. The average Bonchev–Trinajstić information content (AvgIpc) is 3.37. The van der Waals surface area contributed by atoms with E-state index >= 15 is 0 Å². The van der Waals surface area contributed by atoms with Crippen molar-refractivity contribution in [2.75, 3.05) is 118 Å². The van der Waals surface area contributed by atoms with Gasteiger partial charge in [-0.25, -0.2) is 0 Å². The van der Waals surface area contributed by atoms with E-state index < -0.39 is 0 Å². The van der Waals surface area contributed by atoms with Crippen LogP contribution in [0.4, 0.5) is 0 Å². The first-order valence-corrected chi connectivity index (χ1v) is 22.9. The summed E-state index contributed by atoms with van der Waals surface area (Å²) in [5.74, 6) is 0.720. The highest BCUT2D eigenvalue weighted by Gasteiger charge is 2.31. The molecule has 0 bridgehead atoms. The second kappa shape index (κ2) is 21.9. The molecule has 6 aliphatic heterocycles. The summed E-state index contributed by atoms with van der Waals surface area (Å²) in [7, 11) is 0. The predicted molar refractivity (Wildman–Crippen MR) is 217 cm³/mol. The Morgan fingerprint density at radius 2 is 0.792 bits per heavy atom. The van der Waals surface area contributed by atoms with Gasteiger partial charge in [0.15, 0.2) is 0 Å². The summed E-state index contributed by atoms with van der Waals surface area (Å²) in [5, 5.41) is 0. The maximum atomic E-state index is 12.8. The minimum atomic E-state index is 0.351. The second-order valence-electron chi connectivity index (χ2n) is 18.1. The van der Waals surface area contributed by atoms with Gasteiger partial charge in [0.1, 0.15) is 0 Å². The molecule has 0 aromatic heterocycles. The van der Waals surface area contributed by atoms with Gasteiger partial charge in [0.05, 0.1) is 13.1 Å². The maximum Gasteiger partial charge on any atom is 0.236 e. The van der Waals surface area contributed by atoms with Crippen LogP contribution >= 0.6 is 0 Å². The number of piperazine rings is 1. The maximum absolute atomic E-state index is 12.8. The van der Waals surface area contributed by atoms with E-state index in [9.17, 15) is 9.59 Å². The van der Waals surface area contributed by atoms with Gasteiger partial charge < -0.3 is 19.6 Å². The van der Waals surface area contributed by atoms with E-state index in [0.29, 0.717) is 30.9 Å². The van der Waals surface area contributed by atoms with E-state index in [2.05, 4.69) is 53.0 Å². The number of hydrogen-bond acceptors (Lipinski definition) is 8. The third kappa shape index (κ3) is 12.9. The van der Waals surface area contributed by atoms with Crippen LogP contribution in [0.25, 0.3) is 0 Å². The molecule has 7 rings (SSSR count). The van der Waals surface area contributed by atoms with E-state index in [1.807, 2.05) is 0 Å². The van der Waals surface area contributed by atoms with Crippen LogP contribution in [0, 0.1) is 0 Å². The minimum Gasteiger partial charge on any atom is -0.340 e. The Bertz CT molecular complexity index is 1050. The minimum absolute atomic E-state index is 0.351. The molecule has 6 heterocycles. The normalized spacial score (nSPS) is 27.3. The fourth-order valence-electron chi connectivity index (χ4n) is 10.7. The molecule has 304 valence electrons. The van der Waals surface area contributed by atoms with Crippen LogP contribution in [-0.2, 0) is 9.59 Å². The van der Waals surface area contributed by atoms with Gasteiger partial charge in [-0.3, -0.25) is 29.2 Å². The Kier molecular flexibility index (Phi) is 17.0. The highest BCUT2D eigenvalue weighted by molar-refractivity contribution is 5.78. The highest BCUT2D eigenvalue weighted by atomic mass is 16.2. The van der Waals surface area contributed by atoms with Crippen molar-refractivity contribution in [3.63, 3.8) is 0 Å². The van der Waals surface area contributed by atoms with Crippen molar-refractivity contribution in [2.24, 2.45) is 0 Å². The number of likely N-dealkylation sites (tertiary alicyclic amines) is 4. The molecular formula is C43H80N8O2. The van der Waals surface area contributed by atoms with Crippen molar-refractivity contribution < 1.29 is 9.59 Å². The zero-order valence-electron chi connectivity index (χ0n) is 34.5. The summed E-state index contributed by atoms with van der Waals surface area (Å²) in [4.78, 5) is 45.2. The van der Waals surface area contributed by atoms with Crippen LogP contribution in [0.15, 0.2) is 0 Å². The second-order valence-corrected chi connectivity index (χ2v) is 18.1. The van der Waals surface area contributed by atoms with E-state index in [4.69, 9.17) is 0 Å². The lowest BCUT2D eigenvalue weighted by molar-refractivity contribution is -0.135. The molecule has 0 aromatic rings. The highest BCUT2D eigenvalue weighted by Crippen LogP contribution is 2.25. The van der Waals surface area contributed by atoms with E-state index in [1.54, 1.807) is 0 Å². The van der Waals surface area contributed by atoms with Crippen LogP contribution in [0.3, 0.4) is 0 Å². The first-order valence-electron chi connectivity index (χ1n) is 22.9. The fourth-order valence-corrected chi connectivity index (χ4v) is 10.7. The Labute approximate surface area is 324 Å². The summed E-state index contributed by atoms with van der Waals surface area (Å²) in [6.45, 7) is 23.5. The predicted octanol–water partition coefficient (Wildman–Crippen LogP) is 4.68. The molecular weight excluding hydrogens is 661 g/mol. The first-order chi connectivity index (χ1) is 25.9. The first kappa shape index (κ1) is 41.3. The summed E-state index contributed by atoms with van der Waals surface area (Å²) < 4.78 is 0. The van der Waals surface area contributed by atoms with Crippen molar-refractivity contribution in [1.82, 2.24) is 39.2 Å². The molecule has 0 N–H and O–H groups in total. The number of hydrogen-bond donors (Lipinski definition) is 0. The molecule has 53 heavy (non-hydrogen) atoms. The van der Waals surface area contributed by atoms with Crippen molar-refractivity contribution in [1.29, 1.82) is 0 Å². The van der Waals surface area contributed by atoms with E-state index in [0.717, 1.165) is 103 Å². The molecule has 2 amide bonds. The number of carbonyl (C=O) groups excluding carboxylic acids is 2. The molecule has 10 nitrogen and oxygen atoms in total. The number of amides is 2. The van der Waals surface area contributed by atoms with Gasteiger partial charge in [0.2, 0.25) is 11.8 Å². The van der Waals surface area contributed by atoms with E-state index in [-0.39, 0.29) is 0 Å². The molecule has 0 spiro atoms. The number of rotatable bonds is 8. The molecule has 0 atom stereocenters. The van der Waals surface area contributed by atoms with Gasteiger partial charge in [-0.1, -0.05) is 38.5 Å². The molecule has 0 radical (unpaired) electrons. The lowest BCUT2D eigenvalue weighted by atomic mass is 10.0. The lowest BCUT2D eigenvalue weighted by Gasteiger charge is -2.40. The smallest absolute Gasteiger partial charge is 0.236 e. The average molecular weight is 741 g/mol. The van der Waals surface area contributed by atoms with Crippen molar-refractivity contribution in [3.05, 3.63) is 0 Å². The van der Waals surface area contributed by atoms with Gasteiger partial charge in [0.25, 0.3) is 0 Å². The van der Waals surface area contributed by atoms with Crippen LogP contribution in [0.5, 0.6) is 0 Å². The Hall–Kier alpha value is -1.30. The molecule has 0 unspecified atom stereocenters. The van der Waals surface area contributed by atoms with E-state index in [1.165, 1.54) is 129 Å². The van der Waals surface area contributed by atoms with Crippen LogP contribution in [0.1, 0.15) is 123 Å². The van der Waals surface area contributed by atoms with Crippen molar-refractivity contribution in [2.45, 2.75) is 147 Å². The largest absolute Gasteiger partial charge is 0.340 e. The standard InChI is InChI=1S/C22H40N4O.C21H40N4O/c27-22(26-17-15-25(16-18-26)20-7-3-4-8-20)19-23-13-9-21(10-14-23)24-11-5-1-2-6-12-24;1-19(2)23-12-7-13-25(17-16-23)21(26)18-22-14-8-20(9-15-22)24-10-5-3-4-6-11-24/h20-21H,1-19H2;19-20H,3-18H2,1-2H3. The van der Waals surface area contributed by atoms with Crippen LogP contribution in [0.2, 0.25) is 0 Å². The summed E-state index contributed by atoms with van der Waals surface area (Å²) >= 11 is 0. The molecule has 1 saturated carbocycles. The Morgan fingerprint density at radius 3 is 1.25 bits per heavy atom. The van der Waals surface area contributed by atoms with Crippen molar-refractivity contribution >= 4 is 11.8 Å². The molecule has 0 aromatic carbocycles. The summed E-state index contributed by atoms with van der Waals surface area (Å²) in [6.07, 6.45) is 22.8. The number of carbonyl (C=O) groups is 2. The van der Waals surface area contributed by atoms with Gasteiger partial charge in [-0.2, -0.15) is 0 Å². The molecule has 7 aliphatic rings. The Morgan fingerprint density at radius 1 is 0.396 bits per heavy atom. The topological polar surface area (TPSA) is 60.1 Å². The zero-order valence-corrected chi connectivity index (χ0v) is 34.5. The molecule has 10 heteroatoms. The van der Waals surface area contributed by atoms with Gasteiger partial charge in [-0.15, -0.1) is 0 Å². The van der Waals surface area contributed by atoms with Gasteiger partial charge in [-0.05, 0) is 111 Å². The lowest BCUT2D eigenvalue weighted by Crippen LogP contribution is -2.54. The van der Waals surface area contributed by atoms with Crippen LogP contribution < -0.4 is 0 Å². The SMILES string of the molecule is CC(C)N1CCCN(C(=O)CN2CCC(N3CCCCCC3)CC2)CC1.O=C(CN1CCC(N2CCCCCC2)CC1)N1CCN(C2CCCC2)CC1. The third-order valence-corrected chi connectivity index (χ3v) is 14.3. The third-order valence-electron chi connectivity index (χ3n) is 14.3. The quantitative estimate of drug-likeness (QED) is 0.356. The Balaban J connectivity index is 0.000000182. The molecule has 7 fully saturated rings. The summed E-state index contributed by atoms with van der Waals surface area (Å²) in [5.41, 5.74) is 0.